The number of carbonyl (C=O) groups excluding carboxylic acids is 1. The fourth-order valence-corrected chi connectivity index (χ4v) is 4.15. The standard InChI is InChI=1S/C24H22ClN5O2S/c1-32-21-13-6-5-12-20(21)27-23(31)16-33-24-29-28-22(30(24)19-10-3-2-4-11-19)15-26-18-9-7-8-17(25)14-18/h2-14,26H,15-16H2,1H3,(H,27,31). The molecule has 33 heavy (non-hydrogen) atoms. The molecule has 7 nitrogen and oxygen atoms in total. The maximum absolute atomic E-state index is 12.6. The highest BCUT2D eigenvalue weighted by Gasteiger charge is 2.16. The van der Waals surface area contributed by atoms with Crippen LogP contribution in [0.15, 0.2) is 84.0 Å². The third-order valence-electron chi connectivity index (χ3n) is 4.70. The molecule has 2 N–H and O–H groups in total. The van der Waals surface area contributed by atoms with E-state index >= 15 is 0 Å². The van der Waals surface area contributed by atoms with Crippen molar-refractivity contribution in [3.63, 3.8) is 0 Å². The summed E-state index contributed by atoms with van der Waals surface area (Å²) in [6.07, 6.45) is 0. The molecule has 0 unspecified atom stereocenters. The third kappa shape index (κ3) is 5.85. The van der Waals surface area contributed by atoms with E-state index in [0.717, 1.165) is 11.4 Å². The van der Waals surface area contributed by atoms with Crippen molar-refractivity contribution < 1.29 is 9.53 Å². The lowest BCUT2D eigenvalue weighted by atomic mass is 10.3. The molecular formula is C24H22ClN5O2S. The lowest BCUT2D eigenvalue weighted by Gasteiger charge is -2.12. The molecule has 0 aliphatic heterocycles. The van der Waals surface area contributed by atoms with Crippen LogP contribution in [0.3, 0.4) is 0 Å². The normalized spacial score (nSPS) is 10.6. The highest BCUT2D eigenvalue weighted by atomic mass is 35.5. The predicted octanol–water partition coefficient (Wildman–Crippen LogP) is 5.27. The van der Waals surface area contributed by atoms with Crippen molar-refractivity contribution in [2.24, 2.45) is 0 Å². The van der Waals surface area contributed by atoms with E-state index in [2.05, 4.69) is 20.8 Å². The van der Waals surface area contributed by atoms with Gasteiger partial charge in [-0.05, 0) is 42.5 Å². The van der Waals surface area contributed by atoms with Crippen molar-refractivity contribution >= 4 is 40.6 Å². The summed E-state index contributed by atoms with van der Waals surface area (Å²) in [6, 6.07) is 24.6. The highest BCUT2D eigenvalue weighted by molar-refractivity contribution is 7.99. The number of rotatable bonds is 9. The number of nitrogens with one attached hydrogen (secondary N) is 2. The van der Waals surface area contributed by atoms with Crippen molar-refractivity contribution in [2.75, 3.05) is 23.5 Å². The van der Waals surface area contributed by atoms with Crippen LogP contribution in [0, 0.1) is 0 Å². The Morgan fingerprint density at radius 2 is 1.82 bits per heavy atom. The van der Waals surface area contributed by atoms with Gasteiger partial charge < -0.3 is 15.4 Å². The third-order valence-corrected chi connectivity index (χ3v) is 5.87. The molecule has 1 aromatic heterocycles. The minimum atomic E-state index is -0.161. The van der Waals surface area contributed by atoms with Crippen LogP contribution in [0.1, 0.15) is 5.82 Å². The van der Waals surface area contributed by atoms with Gasteiger partial charge in [-0.25, -0.2) is 0 Å². The quantitative estimate of drug-likeness (QED) is 0.318. The Morgan fingerprint density at radius 1 is 1.03 bits per heavy atom. The summed E-state index contributed by atoms with van der Waals surface area (Å²) in [7, 11) is 1.57. The molecule has 0 saturated carbocycles. The van der Waals surface area contributed by atoms with Crippen LogP contribution in [0.4, 0.5) is 11.4 Å². The SMILES string of the molecule is COc1ccccc1NC(=O)CSc1nnc(CNc2cccc(Cl)c2)n1-c1ccccc1. The number of aromatic nitrogens is 3. The van der Waals surface area contributed by atoms with Crippen LogP contribution in [0.2, 0.25) is 5.02 Å². The smallest absolute Gasteiger partial charge is 0.234 e. The second-order valence-electron chi connectivity index (χ2n) is 6.97. The zero-order valence-corrected chi connectivity index (χ0v) is 19.4. The Balaban J connectivity index is 1.50. The van der Waals surface area contributed by atoms with Gasteiger partial charge in [-0.2, -0.15) is 0 Å². The van der Waals surface area contributed by atoms with Crippen LogP contribution < -0.4 is 15.4 Å². The monoisotopic (exact) mass is 479 g/mol. The molecule has 4 rings (SSSR count). The topological polar surface area (TPSA) is 81.1 Å². The Bertz CT molecular complexity index is 1230. The number of para-hydroxylation sites is 3. The van der Waals surface area contributed by atoms with Crippen LogP contribution in [-0.2, 0) is 11.3 Å². The van der Waals surface area contributed by atoms with Gasteiger partial charge in [-0.15, -0.1) is 10.2 Å². The van der Waals surface area contributed by atoms with E-state index in [1.807, 2.05) is 71.3 Å². The van der Waals surface area contributed by atoms with Gasteiger partial charge in [0.15, 0.2) is 11.0 Å². The Kier molecular flexibility index (Phi) is 7.49. The lowest BCUT2D eigenvalue weighted by molar-refractivity contribution is -0.113. The van der Waals surface area contributed by atoms with Crippen LogP contribution >= 0.6 is 23.4 Å². The largest absolute Gasteiger partial charge is 0.495 e. The fourth-order valence-electron chi connectivity index (χ4n) is 3.19. The molecule has 3 aromatic carbocycles. The van der Waals surface area contributed by atoms with Crippen LogP contribution in [-0.4, -0.2) is 33.5 Å². The Morgan fingerprint density at radius 3 is 2.61 bits per heavy atom. The van der Waals surface area contributed by atoms with Gasteiger partial charge in [0.25, 0.3) is 0 Å². The number of benzene rings is 3. The van der Waals surface area contributed by atoms with Gasteiger partial charge in [0.1, 0.15) is 5.75 Å². The first-order valence-electron chi connectivity index (χ1n) is 10.2. The van der Waals surface area contributed by atoms with E-state index in [9.17, 15) is 4.79 Å². The van der Waals surface area contributed by atoms with Crippen molar-refractivity contribution in [3.8, 4) is 11.4 Å². The maximum atomic E-state index is 12.6. The molecule has 168 valence electrons. The summed E-state index contributed by atoms with van der Waals surface area (Å²) in [5, 5.41) is 16.2. The molecular weight excluding hydrogens is 458 g/mol. The molecule has 1 heterocycles. The molecule has 0 aliphatic rings. The number of hydrogen-bond donors (Lipinski definition) is 2. The summed E-state index contributed by atoms with van der Waals surface area (Å²) < 4.78 is 7.24. The molecule has 0 aliphatic carbocycles. The molecule has 0 fully saturated rings. The van der Waals surface area contributed by atoms with E-state index in [1.165, 1.54) is 11.8 Å². The number of anilines is 2. The van der Waals surface area contributed by atoms with Gasteiger partial charge in [0, 0.05) is 16.4 Å². The van der Waals surface area contributed by atoms with Gasteiger partial charge in [0.05, 0.1) is 25.1 Å². The van der Waals surface area contributed by atoms with Crippen molar-refractivity contribution in [3.05, 3.63) is 89.7 Å². The van der Waals surface area contributed by atoms with E-state index in [-0.39, 0.29) is 11.7 Å². The van der Waals surface area contributed by atoms with Gasteiger partial charge in [0.2, 0.25) is 5.91 Å². The molecule has 0 bridgehead atoms. The summed E-state index contributed by atoms with van der Waals surface area (Å²) >= 11 is 7.40. The van der Waals surface area contributed by atoms with Gasteiger partial charge in [-0.3, -0.25) is 9.36 Å². The van der Waals surface area contributed by atoms with Crippen molar-refractivity contribution in [1.29, 1.82) is 0 Å². The van der Waals surface area contributed by atoms with Gasteiger partial charge >= 0.3 is 0 Å². The molecule has 0 radical (unpaired) electrons. The summed E-state index contributed by atoms with van der Waals surface area (Å²) in [4.78, 5) is 12.6. The van der Waals surface area contributed by atoms with E-state index in [4.69, 9.17) is 16.3 Å². The number of carbonyl (C=O) groups is 1. The summed E-state index contributed by atoms with van der Waals surface area (Å²) in [5.74, 6) is 1.34. The van der Waals surface area contributed by atoms with E-state index in [0.29, 0.717) is 34.0 Å². The highest BCUT2D eigenvalue weighted by Crippen LogP contribution is 2.26. The maximum Gasteiger partial charge on any atom is 0.234 e. The second-order valence-corrected chi connectivity index (χ2v) is 8.35. The number of halogens is 1. The minimum absolute atomic E-state index is 0.161. The fraction of sp³-hybridized carbons (Fsp3) is 0.125. The zero-order valence-electron chi connectivity index (χ0n) is 17.9. The van der Waals surface area contributed by atoms with E-state index < -0.39 is 0 Å². The Hall–Kier alpha value is -3.49. The zero-order chi connectivity index (χ0) is 23.0. The van der Waals surface area contributed by atoms with Crippen molar-refractivity contribution in [1.82, 2.24) is 14.8 Å². The number of thioether (sulfide) groups is 1. The number of nitrogens with zero attached hydrogens (tertiary/aromatic N) is 3. The molecule has 0 saturated heterocycles. The first-order chi connectivity index (χ1) is 16.1. The molecule has 4 aromatic rings. The average Bonchev–Trinajstić information content (AvgIpc) is 3.25. The molecule has 0 atom stereocenters. The van der Waals surface area contributed by atoms with Crippen molar-refractivity contribution in [2.45, 2.75) is 11.7 Å². The average molecular weight is 480 g/mol. The molecule has 9 heteroatoms. The Labute approximate surface area is 201 Å². The number of methoxy groups -OCH3 is 1. The van der Waals surface area contributed by atoms with Crippen LogP contribution in [0.5, 0.6) is 5.75 Å². The first kappa shape index (κ1) is 22.7. The molecule has 1 amide bonds. The van der Waals surface area contributed by atoms with Gasteiger partial charge in [-0.1, -0.05) is 59.8 Å². The number of hydrogen-bond acceptors (Lipinski definition) is 6. The van der Waals surface area contributed by atoms with Crippen LogP contribution in [0.25, 0.3) is 5.69 Å². The summed E-state index contributed by atoms with van der Waals surface area (Å²) in [6.45, 7) is 0.441. The lowest BCUT2D eigenvalue weighted by Crippen LogP contribution is -2.15. The second kappa shape index (κ2) is 10.9. The number of ether oxygens (including phenoxy) is 1. The van der Waals surface area contributed by atoms with E-state index in [1.54, 1.807) is 19.2 Å². The number of amides is 1. The first-order valence-corrected chi connectivity index (χ1v) is 11.5. The minimum Gasteiger partial charge on any atom is -0.495 e. The molecule has 0 spiro atoms. The summed E-state index contributed by atoms with van der Waals surface area (Å²) in [5.41, 5.74) is 2.43. The predicted molar refractivity (Wildman–Crippen MR) is 132 cm³/mol.